The van der Waals surface area contributed by atoms with Gasteiger partial charge in [0.1, 0.15) is 0 Å². The van der Waals surface area contributed by atoms with Gasteiger partial charge >= 0.3 is 0 Å². The Morgan fingerprint density at radius 1 is 1.35 bits per heavy atom. The van der Waals surface area contributed by atoms with Crippen LogP contribution in [0, 0.1) is 0 Å². The molecule has 0 fully saturated rings. The van der Waals surface area contributed by atoms with E-state index in [-0.39, 0.29) is 11.9 Å². The molecule has 0 radical (unpaired) electrons. The molecule has 0 aliphatic heterocycles. The van der Waals surface area contributed by atoms with Crippen molar-refractivity contribution in [1.29, 1.82) is 0 Å². The van der Waals surface area contributed by atoms with Crippen molar-refractivity contribution in [3.05, 3.63) is 40.9 Å². The van der Waals surface area contributed by atoms with E-state index in [2.05, 4.69) is 25.9 Å². The summed E-state index contributed by atoms with van der Waals surface area (Å²) in [6, 6.07) is 7.11. The van der Waals surface area contributed by atoms with Crippen LogP contribution in [0.15, 0.2) is 30.3 Å². The number of tetrazole rings is 1. The number of nitrogens with zero attached hydrogens (tertiary/aromatic N) is 3. The van der Waals surface area contributed by atoms with Gasteiger partial charge in [0.2, 0.25) is 0 Å². The number of anilines is 1. The van der Waals surface area contributed by atoms with E-state index in [0.717, 1.165) is 5.56 Å². The SMILES string of the molecule is O=C(/C=C\c1ccc(Cl)cc1)Nc1nn[nH]n1. The molecule has 0 aliphatic carbocycles. The Morgan fingerprint density at radius 2 is 2.12 bits per heavy atom. The molecule has 7 heteroatoms. The Labute approximate surface area is 102 Å². The summed E-state index contributed by atoms with van der Waals surface area (Å²) >= 11 is 5.74. The lowest BCUT2D eigenvalue weighted by molar-refractivity contribution is -0.111. The molecule has 2 aromatic rings. The number of nitrogens with one attached hydrogen (secondary N) is 2. The topological polar surface area (TPSA) is 83.6 Å². The summed E-state index contributed by atoms with van der Waals surface area (Å²) in [5.41, 5.74) is 0.873. The first-order chi connectivity index (χ1) is 8.24. The van der Waals surface area contributed by atoms with Crippen molar-refractivity contribution >= 4 is 29.5 Å². The van der Waals surface area contributed by atoms with Crippen LogP contribution in [0.25, 0.3) is 6.08 Å². The number of carbonyl (C=O) groups is 1. The summed E-state index contributed by atoms with van der Waals surface area (Å²) in [7, 11) is 0. The molecule has 1 aromatic carbocycles. The van der Waals surface area contributed by atoms with Crippen LogP contribution >= 0.6 is 11.6 Å². The van der Waals surface area contributed by atoms with Gasteiger partial charge in [-0.15, -0.1) is 5.10 Å². The van der Waals surface area contributed by atoms with Crippen LogP contribution in [0.4, 0.5) is 5.95 Å². The second kappa shape index (κ2) is 5.22. The van der Waals surface area contributed by atoms with Gasteiger partial charge in [-0.25, -0.2) is 0 Å². The van der Waals surface area contributed by atoms with Gasteiger partial charge in [0.25, 0.3) is 11.9 Å². The minimum atomic E-state index is -0.332. The number of hydrogen-bond donors (Lipinski definition) is 2. The van der Waals surface area contributed by atoms with Gasteiger partial charge in [0.15, 0.2) is 0 Å². The zero-order chi connectivity index (χ0) is 12.1. The molecule has 0 bridgehead atoms. The van der Waals surface area contributed by atoms with E-state index >= 15 is 0 Å². The summed E-state index contributed by atoms with van der Waals surface area (Å²) in [5, 5.41) is 15.8. The third kappa shape index (κ3) is 3.39. The Balaban J connectivity index is 1.96. The average molecular weight is 250 g/mol. The van der Waals surface area contributed by atoms with Crippen LogP contribution in [0.2, 0.25) is 5.02 Å². The summed E-state index contributed by atoms with van der Waals surface area (Å²) < 4.78 is 0. The minimum absolute atomic E-state index is 0.135. The van der Waals surface area contributed by atoms with Gasteiger partial charge in [0, 0.05) is 11.1 Å². The molecule has 0 unspecified atom stereocenters. The lowest BCUT2D eigenvalue weighted by Crippen LogP contribution is -2.09. The largest absolute Gasteiger partial charge is 0.288 e. The number of hydrogen-bond acceptors (Lipinski definition) is 4. The van der Waals surface area contributed by atoms with Gasteiger partial charge in [0.05, 0.1) is 0 Å². The van der Waals surface area contributed by atoms with Crippen molar-refractivity contribution in [3.8, 4) is 0 Å². The van der Waals surface area contributed by atoms with E-state index in [9.17, 15) is 4.79 Å². The van der Waals surface area contributed by atoms with Gasteiger partial charge in [-0.2, -0.15) is 5.21 Å². The molecule has 86 valence electrons. The van der Waals surface area contributed by atoms with E-state index in [4.69, 9.17) is 11.6 Å². The molecular formula is C10H8ClN5O. The third-order valence-corrected chi connectivity index (χ3v) is 2.13. The Hall–Kier alpha value is -2.21. The van der Waals surface area contributed by atoms with Crippen LogP contribution < -0.4 is 5.32 Å². The molecule has 0 saturated heterocycles. The van der Waals surface area contributed by atoms with Gasteiger partial charge in [-0.1, -0.05) is 28.8 Å². The van der Waals surface area contributed by atoms with Crippen LogP contribution in [0.5, 0.6) is 0 Å². The highest BCUT2D eigenvalue weighted by molar-refractivity contribution is 6.30. The van der Waals surface area contributed by atoms with Crippen molar-refractivity contribution < 1.29 is 4.79 Å². The van der Waals surface area contributed by atoms with Crippen LogP contribution in [-0.2, 0) is 4.79 Å². The van der Waals surface area contributed by atoms with E-state index in [1.54, 1.807) is 30.3 Å². The normalized spacial score (nSPS) is 10.6. The Kier molecular flexibility index (Phi) is 3.46. The summed E-state index contributed by atoms with van der Waals surface area (Å²) in [6.07, 6.45) is 3.03. The van der Waals surface area contributed by atoms with E-state index in [0.29, 0.717) is 5.02 Å². The van der Waals surface area contributed by atoms with Crippen LogP contribution in [0.3, 0.4) is 0 Å². The molecule has 1 aromatic heterocycles. The summed E-state index contributed by atoms with van der Waals surface area (Å²) in [4.78, 5) is 11.4. The highest BCUT2D eigenvalue weighted by Gasteiger charge is 2.00. The van der Waals surface area contributed by atoms with Crippen LogP contribution in [0.1, 0.15) is 5.56 Å². The maximum absolute atomic E-state index is 11.4. The molecule has 0 aliphatic rings. The van der Waals surface area contributed by atoms with Gasteiger partial charge < -0.3 is 0 Å². The minimum Gasteiger partial charge on any atom is -0.288 e. The maximum Gasteiger partial charge on any atom is 0.270 e. The fourth-order valence-electron chi connectivity index (χ4n) is 1.11. The number of halogens is 1. The average Bonchev–Trinajstić information content (AvgIpc) is 2.81. The van der Waals surface area contributed by atoms with E-state index in [1.165, 1.54) is 6.08 Å². The van der Waals surface area contributed by atoms with Gasteiger partial charge in [-0.3, -0.25) is 10.1 Å². The fraction of sp³-hybridized carbons (Fsp3) is 0. The highest BCUT2D eigenvalue weighted by atomic mass is 35.5. The number of rotatable bonds is 3. The molecule has 1 heterocycles. The molecular weight excluding hydrogens is 242 g/mol. The van der Waals surface area contributed by atoms with E-state index < -0.39 is 0 Å². The Morgan fingerprint density at radius 3 is 2.76 bits per heavy atom. The molecule has 1 amide bonds. The van der Waals surface area contributed by atoms with Crippen molar-refractivity contribution in [1.82, 2.24) is 20.6 Å². The molecule has 0 saturated carbocycles. The molecule has 2 N–H and O–H groups in total. The zero-order valence-electron chi connectivity index (χ0n) is 8.59. The zero-order valence-corrected chi connectivity index (χ0v) is 9.35. The Bertz CT molecular complexity index is 520. The molecule has 17 heavy (non-hydrogen) atoms. The third-order valence-electron chi connectivity index (χ3n) is 1.88. The number of carbonyl (C=O) groups excluding carboxylic acids is 1. The standard InChI is InChI=1S/C10H8ClN5O/c11-8-4-1-7(2-5-8)3-6-9(17)12-10-13-15-16-14-10/h1-6H,(H2,12,13,14,15,16,17)/b6-3-. The molecule has 0 atom stereocenters. The molecule has 6 nitrogen and oxygen atoms in total. The maximum atomic E-state index is 11.4. The predicted octanol–water partition coefficient (Wildman–Crippen LogP) is 1.50. The first-order valence-corrected chi connectivity index (χ1v) is 5.10. The van der Waals surface area contributed by atoms with Crippen molar-refractivity contribution in [3.63, 3.8) is 0 Å². The molecule has 0 spiro atoms. The smallest absolute Gasteiger partial charge is 0.270 e. The highest BCUT2D eigenvalue weighted by Crippen LogP contribution is 2.10. The van der Waals surface area contributed by atoms with Crippen molar-refractivity contribution in [2.75, 3.05) is 5.32 Å². The molecule has 2 rings (SSSR count). The first kappa shape index (κ1) is 11.3. The first-order valence-electron chi connectivity index (χ1n) is 4.72. The number of aromatic amines is 1. The lowest BCUT2D eigenvalue weighted by Gasteiger charge is -1.94. The number of benzene rings is 1. The summed E-state index contributed by atoms with van der Waals surface area (Å²) in [5.74, 6) is -0.197. The number of H-pyrrole nitrogens is 1. The summed E-state index contributed by atoms with van der Waals surface area (Å²) in [6.45, 7) is 0. The number of amides is 1. The lowest BCUT2D eigenvalue weighted by atomic mass is 10.2. The van der Waals surface area contributed by atoms with E-state index in [1.807, 2.05) is 0 Å². The quantitative estimate of drug-likeness (QED) is 0.808. The van der Waals surface area contributed by atoms with Gasteiger partial charge in [-0.05, 0) is 29.0 Å². The van der Waals surface area contributed by atoms with Crippen molar-refractivity contribution in [2.24, 2.45) is 0 Å². The fourth-order valence-corrected chi connectivity index (χ4v) is 1.24. The van der Waals surface area contributed by atoms with Crippen molar-refractivity contribution in [2.45, 2.75) is 0 Å². The predicted molar refractivity (Wildman–Crippen MR) is 63.3 cm³/mol. The monoisotopic (exact) mass is 249 g/mol. The number of aromatic nitrogens is 4. The second-order valence-electron chi connectivity index (χ2n) is 3.11. The second-order valence-corrected chi connectivity index (χ2v) is 3.55. The van der Waals surface area contributed by atoms with Crippen LogP contribution in [-0.4, -0.2) is 26.5 Å².